The van der Waals surface area contributed by atoms with E-state index in [1.165, 1.54) is 0 Å². The largest absolute Gasteiger partial charge is 0.481 e. The predicted octanol–water partition coefficient (Wildman–Crippen LogP) is 2.43. The van der Waals surface area contributed by atoms with Crippen molar-refractivity contribution in [1.82, 2.24) is 4.90 Å². The van der Waals surface area contributed by atoms with Crippen LogP contribution >= 0.6 is 11.6 Å². The minimum atomic E-state index is -0.918. The number of aliphatic carboxylic acids is 1. The van der Waals surface area contributed by atoms with Crippen molar-refractivity contribution in [2.24, 2.45) is 5.73 Å². The van der Waals surface area contributed by atoms with E-state index in [2.05, 4.69) is 0 Å². The van der Waals surface area contributed by atoms with Gasteiger partial charge in [0.25, 0.3) is 5.91 Å². The van der Waals surface area contributed by atoms with Crippen LogP contribution in [0, 0.1) is 6.92 Å². The predicted molar refractivity (Wildman–Crippen MR) is 92.0 cm³/mol. The third kappa shape index (κ3) is 6.20. The van der Waals surface area contributed by atoms with E-state index in [4.69, 9.17) is 22.4 Å². The number of amides is 1. The number of nitrogens with two attached hydrogens (primary N) is 1. The molecular formula is C17H25ClN2O3. The third-order valence-electron chi connectivity index (χ3n) is 3.65. The van der Waals surface area contributed by atoms with Crippen molar-refractivity contribution in [3.05, 3.63) is 34.9 Å². The zero-order valence-electron chi connectivity index (χ0n) is 13.7. The molecule has 0 saturated carbocycles. The minimum absolute atomic E-state index is 0.0550. The summed E-state index contributed by atoms with van der Waals surface area (Å²) in [6.45, 7) is 5.11. The average Bonchev–Trinajstić information content (AvgIpc) is 2.47. The van der Waals surface area contributed by atoms with Gasteiger partial charge < -0.3 is 15.7 Å². The molecular weight excluding hydrogens is 316 g/mol. The molecule has 0 aliphatic heterocycles. The molecule has 1 unspecified atom stereocenters. The Bertz CT molecular complexity index is 543. The van der Waals surface area contributed by atoms with Crippen molar-refractivity contribution in [2.45, 2.75) is 39.2 Å². The molecule has 5 nitrogen and oxygen atoms in total. The van der Waals surface area contributed by atoms with Gasteiger partial charge in [0.2, 0.25) is 0 Å². The molecule has 0 saturated heterocycles. The Morgan fingerprint density at radius 1 is 1.35 bits per heavy atom. The lowest BCUT2D eigenvalue weighted by atomic mass is 9.97. The monoisotopic (exact) mass is 340 g/mol. The molecule has 1 rings (SSSR count). The summed E-state index contributed by atoms with van der Waals surface area (Å²) < 4.78 is 0. The van der Waals surface area contributed by atoms with Gasteiger partial charge in [-0.3, -0.25) is 9.59 Å². The maximum Gasteiger partial charge on any atom is 0.304 e. The van der Waals surface area contributed by atoms with Crippen LogP contribution in [0.1, 0.15) is 41.3 Å². The molecule has 1 aromatic carbocycles. The quantitative estimate of drug-likeness (QED) is 0.676. The van der Waals surface area contributed by atoms with Crippen LogP contribution < -0.4 is 5.73 Å². The summed E-state index contributed by atoms with van der Waals surface area (Å²) >= 11 is 5.77. The summed E-state index contributed by atoms with van der Waals surface area (Å²) in [6, 6.07) is 5.02. The number of halogens is 1. The van der Waals surface area contributed by atoms with Gasteiger partial charge in [-0.15, -0.1) is 11.6 Å². The van der Waals surface area contributed by atoms with Gasteiger partial charge >= 0.3 is 5.97 Å². The number of alkyl halides is 1. The fourth-order valence-electron chi connectivity index (χ4n) is 2.47. The van der Waals surface area contributed by atoms with E-state index >= 15 is 0 Å². The topological polar surface area (TPSA) is 83.6 Å². The summed E-state index contributed by atoms with van der Waals surface area (Å²) in [6.07, 6.45) is 1.21. The van der Waals surface area contributed by atoms with Crippen LogP contribution in [0.25, 0.3) is 0 Å². The van der Waals surface area contributed by atoms with Crippen LogP contribution in [-0.4, -0.2) is 46.9 Å². The normalized spacial score (nSPS) is 12.0. The first kappa shape index (κ1) is 19.5. The van der Waals surface area contributed by atoms with Crippen LogP contribution in [0.4, 0.5) is 0 Å². The number of benzene rings is 1. The summed E-state index contributed by atoms with van der Waals surface area (Å²) in [4.78, 5) is 25.1. The first-order valence-electron chi connectivity index (χ1n) is 7.81. The third-order valence-corrected chi connectivity index (χ3v) is 3.82. The van der Waals surface area contributed by atoms with Gasteiger partial charge in [-0.2, -0.15) is 0 Å². The molecule has 23 heavy (non-hydrogen) atoms. The van der Waals surface area contributed by atoms with Crippen molar-refractivity contribution >= 4 is 23.5 Å². The van der Waals surface area contributed by atoms with Gasteiger partial charge in [0.1, 0.15) is 0 Å². The van der Waals surface area contributed by atoms with E-state index in [9.17, 15) is 9.59 Å². The van der Waals surface area contributed by atoms with Crippen molar-refractivity contribution < 1.29 is 14.7 Å². The van der Waals surface area contributed by atoms with Crippen molar-refractivity contribution in [1.29, 1.82) is 0 Å². The maximum absolute atomic E-state index is 12.6. The van der Waals surface area contributed by atoms with Gasteiger partial charge in [0.15, 0.2) is 0 Å². The molecule has 6 heteroatoms. The molecule has 0 heterocycles. The molecule has 3 N–H and O–H groups in total. The van der Waals surface area contributed by atoms with E-state index in [0.29, 0.717) is 31.0 Å². The lowest BCUT2D eigenvalue weighted by Crippen LogP contribution is -2.33. The Labute approximate surface area is 142 Å². The molecule has 1 aromatic rings. The lowest BCUT2D eigenvalue weighted by Gasteiger charge is -2.22. The van der Waals surface area contributed by atoms with Gasteiger partial charge in [0, 0.05) is 30.6 Å². The molecule has 0 aliphatic carbocycles. The van der Waals surface area contributed by atoms with Gasteiger partial charge in [0.05, 0.1) is 6.42 Å². The Morgan fingerprint density at radius 2 is 2.04 bits per heavy atom. The fourth-order valence-corrected chi connectivity index (χ4v) is 2.68. The first-order chi connectivity index (χ1) is 10.9. The van der Waals surface area contributed by atoms with Crippen LogP contribution in [0.3, 0.4) is 0 Å². The smallest absolute Gasteiger partial charge is 0.304 e. The highest BCUT2D eigenvalue weighted by Gasteiger charge is 2.17. The summed E-state index contributed by atoms with van der Waals surface area (Å²) in [7, 11) is 0. The van der Waals surface area contributed by atoms with Crippen molar-refractivity contribution in [3.63, 3.8) is 0 Å². The first-order valence-corrected chi connectivity index (χ1v) is 8.34. The van der Waals surface area contributed by atoms with Crippen LogP contribution in [-0.2, 0) is 11.2 Å². The highest BCUT2D eigenvalue weighted by atomic mass is 35.5. The molecule has 0 aliphatic rings. The molecule has 0 bridgehead atoms. The van der Waals surface area contributed by atoms with Crippen LogP contribution in [0.2, 0.25) is 0 Å². The zero-order chi connectivity index (χ0) is 17.4. The van der Waals surface area contributed by atoms with E-state index in [1.54, 1.807) is 11.0 Å². The van der Waals surface area contributed by atoms with Crippen LogP contribution in [0.5, 0.6) is 0 Å². The highest BCUT2D eigenvalue weighted by molar-refractivity contribution is 6.18. The average molecular weight is 341 g/mol. The second kappa shape index (κ2) is 9.53. The number of carboxylic acids is 1. The standard InChI is InChI=1S/C17H25ClN2O3/c1-3-7-20(8-6-18)17(23)13-5-4-12(2)14(9-13)10-15(19)11-16(21)22/h4-5,9,15H,3,6-8,10-11,19H2,1-2H3,(H,21,22). The number of carbonyl (C=O) groups excluding carboxylic acids is 1. The zero-order valence-corrected chi connectivity index (χ0v) is 14.5. The Morgan fingerprint density at radius 3 is 2.61 bits per heavy atom. The van der Waals surface area contributed by atoms with Crippen molar-refractivity contribution in [2.75, 3.05) is 19.0 Å². The Kier molecular flexibility index (Phi) is 8.06. The molecule has 0 aromatic heterocycles. The molecule has 0 radical (unpaired) electrons. The molecule has 128 valence electrons. The van der Waals surface area contributed by atoms with E-state index in [0.717, 1.165) is 17.5 Å². The van der Waals surface area contributed by atoms with Crippen LogP contribution in [0.15, 0.2) is 18.2 Å². The lowest BCUT2D eigenvalue weighted by molar-refractivity contribution is -0.137. The van der Waals surface area contributed by atoms with Gasteiger partial charge in [-0.1, -0.05) is 13.0 Å². The number of hydrogen-bond acceptors (Lipinski definition) is 3. The van der Waals surface area contributed by atoms with E-state index in [1.807, 2.05) is 26.0 Å². The Balaban J connectivity index is 2.94. The molecule has 1 amide bonds. The van der Waals surface area contributed by atoms with Gasteiger partial charge in [-0.25, -0.2) is 0 Å². The number of carbonyl (C=O) groups is 2. The number of carboxylic acid groups (broad SMARTS) is 1. The second-order valence-electron chi connectivity index (χ2n) is 5.68. The number of hydrogen-bond donors (Lipinski definition) is 2. The molecule has 0 fully saturated rings. The molecule has 1 atom stereocenters. The summed E-state index contributed by atoms with van der Waals surface area (Å²) in [5.74, 6) is -0.576. The second-order valence-corrected chi connectivity index (χ2v) is 6.06. The van der Waals surface area contributed by atoms with E-state index < -0.39 is 12.0 Å². The SMILES string of the molecule is CCCN(CCCl)C(=O)c1ccc(C)c(CC(N)CC(=O)O)c1. The highest BCUT2D eigenvalue weighted by Crippen LogP contribution is 2.16. The summed E-state index contributed by atoms with van der Waals surface area (Å²) in [5.41, 5.74) is 8.36. The molecule has 0 spiro atoms. The Hall–Kier alpha value is -1.59. The minimum Gasteiger partial charge on any atom is -0.481 e. The van der Waals surface area contributed by atoms with Gasteiger partial charge in [-0.05, 0) is 43.0 Å². The number of nitrogens with zero attached hydrogens (tertiary/aromatic N) is 1. The number of aryl methyl sites for hydroxylation is 1. The maximum atomic E-state index is 12.6. The fraction of sp³-hybridized carbons (Fsp3) is 0.529. The number of rotatable bonds is 9. The van der Waals surface area contributed by atoms with Crippen molar-refractivity contribution in [3.8, 4) is 0 Å². The van der Waals surface area contributed by atoms with E-state index in [-0.39, 0.29) is 12.3 Å². The summed E-state index contributed by atoms with van der Waals surface area (Å²) in [5, 5.41) is 8.81.